The number of hydrazone groups is 1. The highest BCUT2D eigenvalue weighted by Gasteiger charge is 2.53. The molecule has 2 aliphatic heterocycles. The zero-order chi connectivity index (χ0) is 18.6. The van der Waals surface area contributed by atoms with E-state index in [1.165, 1.54) is 11.3 Å². The molecular weight excluding hydrogens is 344 g/mol. The molecule has 4 atom stereocenters. The van der Waals surface area contributed by atoms with Gasteiger partial charge in [-0.05, 0) is 6.92 Å². The molecule has 1 saturated heterocycles. The van der Waals surface area contributed by atoms with E-state index in [9.17, 15) is 20.4 Å². The molecule has 2 aromatic rings. The normalized spacial score (nSPS) is 30.9. The van der Waals surface area contributed by atoms with Crippen molar-refractivity contribution in [3.8, 4) is 0 Å². The van der Waals surface area contributed by atoms with Gasteiger partial charge in [-0.2, -0.15) is 5.10 Å². The van der Waals surface area contributed by atoms with Gasteiger partial charge in [0.15, 0.2) is 17.4 Å². The standard InChI is InChI=1S/C15H20N6O5/c1-15(11(25)10(24)8(5-23)26-15)20-4-7-9-13(20)17-6-18-14(9)21(2-3-22)19-12(7)16/h4,6,8,10-11,22-25H,2-3,5H2,1H3,(H2,16,19)/t8-,10-,11-,15?/m1/s1. The molecule has 0 amide bonds. The second-order valence-corrected chi connectivity index (χ2v) is 6.47. The largest absolute Gasteiger partial charge is 0.394 e. The van der Waals surface area contributed by atoms with Gasteiger partial charge in [-0.15, -0.1) is 0 Å². The van der Waals surface area contributed by atoms with Gasteiger partial charge in [0, 0.05) is 11.8 Å². The van der Waals surface area contributed by atoms with Crippen LogP contribution in [0.4, 0.5) is 5.82 Å². The van der Waals surface area contributed by atoms with Crippen LogP contribution in [-0.2, 0) is 10.5 Å². The predicted molar refractivity (Wildman–Crippen MR) is 90.3 cm³/mol. The van der Waals surface area contributed by atoms with E-state index in [4.69, 9.17) is 10.5 Å². The summed E-state index contributed by atoms with van der Waals surface area (Å²) in [6.07, 6.45) is -0.514. The molecule has 1 fully saturated rings. The van der Waals surface area contributed by atoms with Gasteiger partial charge >= 0.3 is 0 Å². The molecule has 0 saturated carbocycles. The van der Waals surface area contributed by atoms with Crippen molar-refractivity contribution in [3.05, 3.63) is 18.1 Å². The fraction of sp³-hybridized carbons (Fsp3) is 0.533. The number of β-amino-alcohol motifs (C(OH)–C–C–N with tert-alkyl or cyclic N) is 1. The fourth-order valence-corrected chi connectivity index (χ4v) is 3.57. The SMILES string of the molecule is CC1(n2cc3c4c(ncnc42)N(CCO)N=C3N)O[C@H](CO)[C@@H](O)[C@H]1O. The molecule has 0 aliphatic carbocycles. The number of hydrogen-bond acceptors (Lipinski definition) is 10. The first-order valence-corrected chi connectivity index (χ1v) is 8.16. The smallest absolute Gasteiger partial charge is 0.172 e. The van der Waals surface area contributed by atoms with Gasteiger partial charge in [0.25, 0.3) is 0 Å². The molecule has 26 heavy (non-hydrogen) atoms. The summed E-state index contributed by atoms with van der Waals surface area (Å²) >= 11 is 0. The summed E-state index contributed by atoms with van der Waals surface area (Å²) in [5.41, 5.74) is 5.68. The van der Waals surface area contributed by atoms with Crippen LogP contribution in [0.5, 0.6) is 0 Å². The maximum Gasteiger partial charge on any atom is 0.172 e. The van der Waals surface area contributed by atoms with Gasteiger partial charge in [-0.25, -0.2) is 15.0 Å². The third-order valence-corrected chi connectivity index (χ3v) is 4.93. The van der Waals surface area contributed by atoms with E-state index < -0.39 is 30.6 Å². The average molecular weight is 364 g/mol. The monoisotopic (exact) mass is 364 g/mol. The summed E-state index contributed by atoms with van der Waals surface area (Å²) in [4.78, 5) is 8.53. The molecule has 2 aliphatic rings. The van der Waals surface area contributed by atoms with Crippen molar-refractivity contribution >= 4 is 22.7 Å². The van der Waals surface area contributed by atoms with Crippen LogP contribution in [0.3, 0.4) is 0 Å². The first-order valence-electron chi connectivity index (χ1n) is 8.16. The zero-order valence-electron chi connectivity index (χ0n) is 14.0. The van der Waals surface area contributed by atoms with Crippen molar-refractivity contribution in [3.63, 3.8) is 0 Å². The van der Waals surface area contributed by atoms with Crippen LogP contribution in [0, 0.1) is 0 Å². The molecule has 140 valence electrons. The van der Waals surface area contributed by atoms with E-state index in [2.05, 4.69) is 15.1 Å². The van der Waals surface area contributed by atoms with Gasteiger partial charge in [0.05, 0.1) is 25.1 Å². The highest BCUT2D eigenvalue weighted by atomic mass is 16.6. The van der Waals surface area contributed by atoms with Crippen molar-refractivity contribution in [1.29, 1.82) is 0 Å². The third-order valence-electron chi connectivity index (χ3n) is 4.93. The Kier molecular flexibility index (Phi) is 3.86. The number of anilines is 1. The van der Waals surface area contributed by atoms with Crippen LogP contribution in [0.2, 0.25) is 0 Å². The lowest BCUT2D eigenvalue weighted by atomic mass is 10.0. The molecule has 0 spiro atoms. The van der Waals surface area contributed by atoms with Crippen molar-refractivity contribution < 1.29 is 25.2 Å². The quantitative estimate of drug-likeness (QED) is 0.400. The zero-order valence-corrected chi connectivity index (χ0v) is 14.0. The topological polar surface area (TPSA) is 162 Å². The van der Waals surface area contributed by atoms with Crippen molar-refractivity contribution in [2.24, 2.45) is 10.8 Å². The summed E-state index contributed by atoms with van der Waals surface area (Å²) < 4.78 is 7.33. The molecule has 0 radical (unpaired) electrons. The Hall–Kier alpha value is -2.31. The van der Waals surface area contributed by atoms with Crippen LogP contribution in [0.15, 0.2) is 17.6 Å². The third kappa shape index (κ3) is 2.15. The van der Waals surface area contributed by atoms with Crippen LogP contribution < -0.4 is 10.7 Å². The average Bonchev–Trinajstić information content (AvgIpc) is 3.13. The summed E-state index contributed by atoms with van der Waals surface area (Å²) in [5.74, 6) is 0.683. The van der Waals surface area contributed by atoms with Gasteiger partial charge < -0.3 is 35.5 Å². The molecule has 4 rings (SSSR count). The summed E-state index contributed by atoms with van der Waals surface area (Å²) in [6.45, 7) is 1.23. The van der Waals surface area contributed by atoms with Crippen LogP contribution >= 0.6 is 0 Å². The molecule has 0 aromatic carbocycles. The minimum Gasteiger partial charge on any atom is -0.394 e. The fourth-order valence-electron chi connectivity index (χ4n) is 3.57. The lowest BCUT2D eigenvalue weighted by molar-refractivity contribution is -0.132. The van der Waals surface area contributed by atoms with Crippen LogP contribution in [0.1, 0.15) is 12.5 Å². The van der Waals surface area contributed by atoms with Crippen LogP contribution in [0.25, 0.3) is 11.0 Å². The number of amidine groups is 1. The molecule has 6 N–H and O–H groups in total. The minimum atomic E-state index is -1.37. The second-order valence-electron chi connectivity index (χ2n) is 6.47. The molecular formula is C15H20N6O5. The first-order chi connectivity index (χ1) is 12.4. The van der Waals surface area contributed by atoms with Crippen molar-refractivity contribution in [1.82, 2.24) is 14.5 Å². The van der Waals surface area contributed by atoms with Crippen molar-refractivity contribution in [2.45, 2.75) is 31.0 Å². The van der Waals surface area contributed by atoms with Crippen molar-refractivity contribution in [2.75, 3.05) is 24.8 Å². The Morgan fingerprint density at radius 3 is 2.73 bits per heavy atom. The van der Waals surface area contributed by atoms with E-state index in [0.717, 1.165) is 0 Å². The number of aliphatic hydroxyl groups excluding tert-OH is 4. The Labute approximate surface area is 147 Å². The Morgan fingerprint density at radius 2 is 2.08 bits per heavy atom. The van der Waals surface area contributed by atoms with E-state index in [-0.39, 0.29) is 19.0 Å². The molecule has 1 unspecified atom stereocenters. The number of aromatic nitrogens is 3. The Balaban J connectivity index is 1.91. The minimum absolute atomic E-state index is 0.137. The van der Waals surface area contributed by atoms with Gasteiger partial charge in [0.1, 0.15) is 30.3 Å². The maximum atomic E-state index is 10.5. The first kappa shape index (κ1) is 17.1. The lowest BCUT2D eigenvalue weighted by Crippen LogP contribution is -2.43. The van der Waals surface area contributed by atoms with Gasteiger partial charge in [0.2, 0.25) is 0 Å². The molecule has 11 heteroatoms. The van der Waals surface area contributed by atoms with E-state index in [1.54, 1.807) is 17.7 Å². The number of ether oxygens (including phenoxy) is 1. The lowest BCUT2D eigenvalue weighted by Gasteiger charge is -2.30. The highest BCUT2D eigenvalue weighted by Crippen LogP contribution is 2.40. The number of aliphatic hydroxyl groups is 4. The molecule has 0 bridgehead atoms. The number of rotatable bonds is 4. The second kappa shape index (κ2) is 5.86. The summed E-state index contributed by atoms with van der Waals surface area (Å²) in [6, 6.07) is 0. The van der Waals surface area contributed by atoms with E-state index in [0.29, 0.717) is 22.4 Å². The predicted octanol–water partition coefficient (Wildman–Crippen LogP) is -2.35. The van der Waals surface area contributed by atoms with E-state index >= 15 is 0 Å². The Bertz CT molecular complexity index is 885. The number of hydrogen-bond donors (Lipinski definition) is 5. The summed E-state index contributed by atoms with van der Waals surface area (Å²) in [7, 11) is 0. The number of nitrogens with zero attached hydrogens (tertiary/aromatic N) is 5. The van der Waals surface area contributed by atoms with E-state index in [1.807, 2.05) is 0 Å². The molecule has 2 aromatic heterocycles. The maximum absolute atomic E-state index is 10.5. The van der Waals surface area contributed by atoms with Gasteiger partial charge in [-0.1, -0.05) is 0 Å². The van der Waals surface area contributed by atoms with Gasteiger partial charge in [-0.3, -0.25) is 0 Å². The Morgan fingerprint density at radius 1 is 1.31 bits per heavy atom. The molecule has 4 heterocycles. The van der Waals surface area contributed by atoms with Crippen LogP contribution in [-0.4, -0.2) is 78.9 Å². The summed E-state index contributed by atoms with van der Waals surface area (Å²) in [5, 5.41) is 45.7. The number of nitrogens with two attached hydrogens (primary N) is 1. The molecule has 11 nitrogen and oxygen atoms in total. The highest BCUT2D eigenvalue weighted by molar-refractivity contribution is 6.14.